The van der Waals surface area contributed by atoms with Crippen molar-refractivity contribution >= 4 is 11.9 Å². The van der Waals surface area contributed by atoms with Crippen LogP contribution in [0, 0.1) is 5.92 Å². The molecule has 2 fully saturated rings. The van der Waals surface area contributed by atoms with Crippen LogP contribution >= 0.6 is 0 Å². The number of methoxy groups -OCH3 is 1. The quantitative estimate of drug-likeness (QED) is 0.740. The summed E-state index contributed by atoms with van der Waals surface area (Å²) in [6.45, 7) is 6.82. The lowest BCUT2D eigenvalue weighted by atomic mass is 9.88. The predicted molar refractivity (Wildman–Crippen MR) is 107 cm³/mol. The van der Waals surface area contributed by atoms with Gasteiger partial charge in [-0.15, -0.1) is 0 Å². The fraction of sp³-hybridized carbons (Fsp3) is 0.619. The molecule has 1 aromatic carbocycles. The maximum atomic E-state index is 13.3. The van der Waals surface area contributed by atoms with Gasteiger partial charge in [0.2, 0.25) is 0 Å². The van der Waals surface area contributed by atoms with Crippen molar-refractivity contribution in [2.45, 2.75) is 31.7 Å². The Morgan fingerprint density at radius 2 is 1.91 bits per heavy atom. The summed E-state index contributed by atoms with van der Waals surface area (Å²) in [5, 5.41) is 7.12. The summed E-state index contributed by atoms with van der Waals surface area (Å²) in [4.78, 5) is 26.7. The molecule has 2 saturated heterocycles. The van der Waals surface area contributed by atoms with E-state index < -0.39 is 12.1 Å². The Bertz CT molecular complexity index is 834. The third kappa shape index (κ3) is 5.09. The SMILES string of the molecule is CCN1C[C@H]2[C@@H](C1)N(C(=O)c1cccc3c1OCCO3)CC[C@H]2OC.O=C(O)C(F)(F)F. The molecule has 3 aliphatic heterocycles. The van der Waals surface area contributed by atoms with Gasteiger partial charge in [0.05, 0.1) is 17.7 Å². The average molecular weight is 460 g/mol. The Labute approximate surface area is 183 Å². The van der Waals surface area contributed by atoms with Gasteiger partial charge in [0.1, 0.15) is 13.2 Å². The number of fused-ring (bicyclic) bond motifs is 2. The first-order valence-corrected chi connectivity index (χ1v) is 10.4. The zero-order valence-electron chi connectivity index (χ0n) is 17.9. The highest BCUT2D eigenvalue weighted by Crippen LogP contribution is 2.37. The van der Waals surface area contributed by atoms with E-state index in [0.717, 1.165) is 32.6 Å². The normalized spacial score (nSPS) is 24.9. The third-order valence-corrected chi connectivity index (χ3v) is 5.99. The molecular weight excluding hydrogens is 433 g/mol. The molecule has 11 heteroatoms. The van der Waals surface area contributed by atoms with Crippen LogP contribution < -0.4 is 9.47 Å². The Morgan fingerprint density at radius 3 is 2.53 bits per heavy atom. The summed E-state index contributed by atoms with van der Waals surface area (Å²) in [7, 11) is 1.78. The van der Waals surface area contributed by atoms with Crippen molar-refractivity contribution in [3.05, 3.63) is 23.8 Å². The highest BCUT2D eigenvalue weighted by Gasteiger charge is 2.46. The van der Waals surface area contributed by atoms with Gasteiger partial charge in [-0.3, -0.25) is 4.79 Å². The van der Waals surface area contributed by atoms with Gasteiger partial charge in [-0.25, -0.2) is 4.79 Å². The number of benzene rings is 1. The van der Waals surface area contributed by atoms with Gasteiger partial charge in [-0.2, -0.15) is 13.2 Å². The largest absolute Gasteiger partial charge is 0.490 e. The number of hydrogen-bond donors (Lipinski definition) is 1. The first kappa shape index (κ1) is 24.1. The Morgan fingerprint density at radius 1 is 1.22 bits per heavy atom. The number of likely N-dealkylation sites (N-methyl/N-ethyl adjacent to an activating group) is 1. The summed E-state index contributed by atoms with van der Waals surface area (Å²) >= 11 is 0. The maximum Gasteiger partial charge on any atom is 0.490 e. The van der Waals surface area contributed by atoms with E-state index >= 15 is 0 Å². The number of carboxylic acid groups (broad SMARTS) is 1. The van der Waals surface area contributed by atoms with Crippen LogP contribution in [0.5, 0.6) is 11.5 Å². The van der Waals surface area contributed by atoms with E-state index in [1.54, 1.807) is 7.11 Å². The number of carbonyl (C=O) groups is 2. The average Bonchev–Trinajstić information content (AvgIpc) is 3.22. The lowest BCUT2D eigenvalue weighted by molar-refractivity contribution is -0.192. The van der Waals surface area contributed by atoms with Crippen LogP contribution in [0.25, 0.3) is 0 Å². The topological polar surface area (TPSA) is 88.5 Å². The van der Waals surface area contributed by atoms with E-state index in [9.17, 15) is 18.0 Å². The zero-order chi connectivity index (χ0) is 23.5. The van der Waals surface area contributed by atoms with Crippen molar-refractivity contribution < 1.29 is 42.1 Å². The molecule has 0 aromatic heterocycles. The van der Waals surface area contributed by atoms with Gasteiger partial charge < -0.3 is 29.1 Å². The number of halogens is 3. The summed E-state index contributed by atoms with van der Waals surface area (Å²) in [5.74, 6) is -1.08. The fourth-order valence-corrected chi connectivity index (χ4v) is 4.44. The molecule has 1 amide bonds. The smallest absolute Gasteiger partial charge is 0.486 e. The molecule has 0 bridgehead atoms. The molecule has 4 rings (SSSR count). The number of aliphatic carboxylic acids is 1. The molecule has 178 valence electrons. The number of para-hydroxylation sites is 1. The molecule has 32 heavy (non-hydrogen) atoms. The Hall–Kier alpha value is -2.53. The lowest BCUT2D eigenvalue weighted by Gasteiger charge is -2.41. The van der Waals surface area contributed by atoms with Crippen LogP contribution in [0.4, 0.5) is 13.2 Å². The van der Waals surface area contributed by atoms with Crippen molar-refractivity contribution in [1.29, 1.82) is 0 Å². The lowest BCUT2D eigenvalue weighted by Crippen LogP contribution is -2.53. The Kier molecular flexibility index (Phi) is 7.50. The van der Waals surface area contributed by atoms with Gasteiger partial charge in [-0.05, 0) is 25.1 Å². The second-order valence-corrected chi connectivity index (χ2v) is 7.78. The van der Waals surface area contributed by atoms with Crippen LogP contribution in [0.1, 0.15) is 23.7 Å². The van der Waals surface area contributed by atoms with Crippen LogP contribution in [-0.4, -0.2) is 91.6 Å². The molecule has 0 spiro atoms. The monoisotopic (exact) mass is 460 g/mol. The molecule has 1 N–H and O–H groups in total. The van der Waals surface area contributed by atoms with E-state index in [1.807, 2.05) is 23.1 Å². The van der Waals surface area contributed by atoms with Crippen molar-refractivity contribution in [1.82, 2.24) is 9.80 Å². The first-order chi connectivity index (χ1) is 15.2. The van der Waals surface area contributed by atoms with Gasteiger partial charge in [0.25, 0.3) is 5.91 Å². The van der Waals surface area contributed by atoms with Crippen molar-refractivity contribution in [2.75, 3.05) is 46.5 Å². The highest BCUT2D eigenvalue weighted by atomic mass is 19.4. The molecule has 1 aromatic rings. The Balaban J connectivity index is 0.000000360. The van der Waals surface area contributed by atoms with E-state index in [1.165, 1.54) is 0 Å². The molecule has 3 heterocycles. The third-order valence-electron chi connectivity index (χ3n) is 5.99. The number of piperidine rings is 1. The number of amides is 1. The van der Waals surface area contributed by atoms with Crippen molar-refractivity contribution in [3.63, 3.8) is 0 Å². The molecular formula is C21H27F3N2O6. The van der Waals surface area contributed by atoms with Crippen LogP contribution in [-0.2, 0) is 9.53 Å². The molecule has 3 aliphatic rings. The van der Waals surface area contributed by atoms with Crippen LogP contribution in [0.3, 0.4) is 0 Å². The minimum atomic E-state index is -5.08. The summed E-state index contributed by atoms with van der Waals surface area (Å²) in [5.41, 5.74) is 0.613. The number of nitrogens with zero attached hydrogens (tertiary/aromatic N) is 2. The molecule has 8 nitrogen and oxygen atoms in total. The van der Waals surface area contributed by atoms with E-state index in [0.29, 0.717) is 36.2 Å². The number of alkyl halides is 3. The van der Waals surface area contributed by atoms with E-state index in [-0.39, 0.29) is 18.1 Å². The van der Waals surface area contributed by atoms with Gasteiger partial charge in [0.15, 0.2) is 11.5 Å². The second-order valence-electron chi connectivity index (χ2n) is 7.78. The predicted octanol–water partition coefficient (Wildman–Crippen LogP) is 2.27. The highest BCUT2D eigenvalue weighted by molar-refractivity contribution is 5.98. The summed E-state index contributed by atoms with van der Waals surface area (Å²) in [6, 6.07) is 5.78. The molecule has 0 unspecified atom stereocenters. The molecule has 0 radical (unpaired) electrons. The summed E-state index contributed by atoms with van der Waals surface area (Å²) < 4.78 is 48.8. The molecule has 0 saturated carbocycles. The van der Waals surface area contributed by atoms with Crippen LogP contribution in [0.2, 0.25) is 0 Å². The number of rotatable bonds is 3. The zero-order valence-corrected chi connectivity index (χ0v) is 17.9. The van der Waals surface area contributed by atoms with Gasteiger partial charge in [0, 0.05) is 32.7 Å². The number of hydrogen-bond acceptors (Lipinski definition) is 6. The van der Waals surface area contributed by atoms with Gasteiger partial charge >= 0.3 is 12.1 Å². The number of carboxylic acids is 1. The first-order valence-electron chi connectivity index (χ1n) is 10.4. The molecule has 3 atom stereocenters. The van der Waals surface area contributed by atoms with E-state index in [2.05, 4.69) is 11.8 Å². The minimum Gasteiger partial charge on any atom is -0.486 e. The second kappa shape index (κ2) is 9.95. The fourth-order valence-electron chi connectivity index (χ4n) is 4.44. The van der Waals surface area contributed by atoms with Crippen molar-refractivity contribution in [2.24, 2.45) is 5.92 Å². The number of ether oxygens (including phenoxy) is 3. The number of likely N-dealkylation sites (tertiary alicyclic amines) is 2. The van der Waals surface area contributed by atoms with Gasteiger partial charge in [-0.1, -0.05) is 13.0 Å². The van der Waals surface area contributed by atoms with Crippen molar-refractivity contribution in [3.8, 4) is 11.5 Å². The molecule has 0 aliphatic carbocycles. The standard InChI is InChI=1S/C19H26N2O4.C2HF3O2/c1-3-20-11-14-15(12-20)21(8-7-16(14)23-2)19(22)13-5-4-6-17-18(13)25-10-9-24-17;3-2(4,5)1(6)7/h4-6,14-16H,3,7-12H2,1-2H3;(H,6,7)/t14-,15+,16+;/m0./s1. The number of carbonyl (C=O) groups excluding carboxylic acids is 1. The summed E-state index contributed by atoms with van der Waals surface area (Å²) in [6.07, 6.45) is -3.97. The minimum absolute atomic E-state index is 0.0462. The maximum absolute atomic E-state index is 13.3. The van der Waals surface area contributed by atoms with Crippen LogP contribution in [0.15, 0.2) is 18.2 Å². The van der Waals surface area contributed by atoms with E-state index in [4.69, 9.17) is 24.1 Å².